The van der Waals surface area contributed by atoms with Gasteiger partial charge in [0.05, 0.1) is 23.0 Å². The number of halogens is 1. The molecule has 4 aromatic rings. The molecule has 4 rings (SSSR count). The maximum atomic E-state index is 14.3. The van der Waals surface area contributed by atoms with Crippen LogP contribution >= 0.6 is 0 Å². The molecule has 0 amide bonds. The number of rotatable bonds is 4. The van der Waals surface area contributed by atoms with Gasteiger partial charge in [-0.1, -0.05) is 66.2 Å². The highest BCUT2D eigenvalue weighted by Gasteiger charge is 2.14. The topological polar surface area (TPSA) is 41.6 Å². The predicted molar refractivity (Wildman–Crippen MR) is 114 cm³/mol. The number of hydrogen-bond donors (Lipinski definition) is 0. The van der Waals surface area contributed by atoms with Gasteiger partial charge in [-0.3, -0.25) is 0 Å². The van der Waals surface area contributed by atoms with E-state index in [-0.39, 0.29) is 11.1 Å². The molecule has 0 aliphatic carbocycles. The molecule has 0 atom stereocenters. The van der Waals surface area contributed by atoms with Crippen LogP contribution in [-0.4, -0.2) is 9.78 Å². The minimum atomic E-state index is -0.423. The molecule has 0 spiro atoms. The molecule has 29 heavy (non-hydrogen) atoms. The largest absolute Gasteiger partial charge is 0.240 e. The van der Waals surface area contributed by atoms with Crippen LogP contribution in [0.25, 0.3) is 28.6 Å². The Morgan fingerprint density at radius 2 is 1.66 bits per heavy atom. The normalized spacial score (nSPS) is 11.3. The number of nitriles is 1. The van der Waals surface area contributed by atoms with E-state index in [0.29, 0.717) is 0 Å². The number of hydrogen-bond acceptors (Lipinski definition) is 2. The Bertz CT molecular complexity index is 1210. The average molecular weight is 379 g/mol. The molecule has 3 nitrogen and oxygen atoms in total. The molecule has 0 aliphatic heterocycles. The Morgan fingerprint density at radius 3 is 2.34 bits per heavy atom. The summed E-state index contributed by atoms with van der Waals surface area (Å²) in [7, 11) is 0. The third kappa shape index (κ3) is 3.85. The van der Waals surface area contributed by atoms with Crippen LogP contribution in [0.3, 0.4) is 0 Å². The zero-order valence-electron chi connectivity index (χ0n) is 15.9. The summed E-state index contributed by atoms with van der Waals surface area (Å²) >= 11 is 0. The predicted octanol–water partition coefficient (Wildman–Crippen LogP) is 6.05. The van der Waals surface area contributed by atoms with Gasteiger partial charge < -0.3 is 0 Å². The van der Waals surface area contributed by atoms with Gasteiger partial charge in [0.1, 0.15) is 5.82 Å². The number of benzene rings is 3. The molecule has 140 valence electrons. The van der Waals surface area contributed by atoms with Gasteiger partial charge in [0.2, 0.25) is 0 Å². The van der Waals surface area contributed by atoms with Crippen LogP contribution in [-0.2, 0) is 0 Å². The smallest absolute Gasteiger partial charge is 0.131 e. The fourth-order valence-electron chi connectivity index (χ4n) is 3.15. The summed E-state index contributed by atoms with van der Waals surface area (Å²) in [5, 5.41) is 14.4. The van der Waals surface area contributed by atoms with Crippen LogP contribution < -0.4 is 0 Å². The van der Waals surface area contributed by atoms with E-state index in [1.165, 1.54) is 6.07 Å². The van der Waals surface area contributed by atoms with Gasteiger partial charge in [-0.2, -0.15) is 10.4 Å². The average Bonchev–Trinajstić information content (AvgIpc) is 3.18. The lowest BCUT2D eigenvalue weighted by Crippen LogP contribution is -1.93. The molecule has 1 heterocycles. The lowest BCUT2D eigenvalue weighted by atomic mass is 10.0. The molecule has 0 saturated carbocycles. The van der Waals surface area contributed by atoms with E-state index in [4.69, 9.17) is 5.10 Å². The molecular weight excluding hydrogens is 361 g/mol. The van der Waals surface area contributed by atoms with E-state index in [2.05, 4.69) is 6.07 Å². The second-order valence-corrected chi connectivity index (χ2v) is 6.73. The Balaban J connectivity index is 1.89. The third-order valence-electron chi connectivity index (χ3n) is 4.67. The van der Waals surface area contributed by atoms with Crippen molar-refractivity contribution in [3.8, 4) is 23.0 Å². The van der Waals surface area contributed by atoms with Crippen LogP contribution in [0.15, 0.2) is 85.1 Å². The molecular formula is C25H18FN3. The van der Waals surface area contributed by atoms with Crippen LogP contribution in [0.1, 0.15) is 16.7 Å². The van der Waals surface area contributed by atoms with Crippen molar-refractivity contribution >= 4 is 11.6 Å². The summed E-state index contributed by atoms with van der Waals surface area (Å²) in [5.41, 5.74) is 5.00. The van der Waals surface area contributed by atoms with Crippen molar-refractivity contribution in [1.82, 2.24) is 9.78 Å². The first-order chi connectivity index (χ1) is 14.2. The molecule has 0 unspecified atom stereocenters. The van der Waals surface area contributed by atoms with Gasteiger partial charge in [-0.05, 0) is 31.2 Å². The van der Waals surface area contributed by atoms with Gasteiger partial charge in [0.25, 0.3) is 0 Å². The Hall–Kier alpha value is -3.97. The molecule has 3 aromatic carbocycles. The molecule has 0 aliphatic rings. The first-order valence-corrected chi connectivity index (χ1v) is 9.24. The van der Waals surface area contributed by atoms with Crippen molar-refractivity contribution in [1.29, 1.82) is 5.26 Å². The first kappa shape index (κ1) is 18.4. The summed E-state index contributed by atoms with van der Waals surface area (Å²) in [6.45, 7) is 2.03. The second-order valence-electron chi connectivity index (χ2n) is 6.73. The minimum absolute atomic E-state index is 0.254. The summed E-state index contributed by atoms with van der Waals surface area (Å²) in [6.07, 6.45) is 3.56. The quantitative estimate of drug-likeness (QED) is 0.405. The maximum Gasteiger partial charge on any atom is 0.131 e. The van der Waals surface area contributed by atoms with Crippen molar-refractivity contribution in [3.05, 3.63) is 108 Å². The minimum Gasteiger partial charge on any atom is -0.240 e. The fraction of sp³-hybridized carbons (Fsp3) is 0.0400. The number of allylic oxidation sites excluding steroid dienone is 1. The highest BCUT2D eigenvalue weighted by molar-refractivity contribution is 5.92. The fourth-order valence-corrected chi connectivity index (χ4v) is 3.15. The molecule has 4 heteroatoms. The number of nitrogens with zero attached hydrogens (tertiary/aromatic N) is 3. The van der Waals surface area contributed by atoms with Crippen molar-refractivity contribution in [3.63, 3.8) is 0 Å². The van der Waals surface area contributed by atoms with E-state index in [0.717, 1.165) is 28.1 Å². The molecule has 0 N–H and O–H groups in total. The monoisotopic (exact) mass is 379 g/mol. The van der Waals surface area contributed by atoms with E-state index < -0.39 is 5.82 Å². The number of para-hydroxylation sites is 1. The van der Waals surface area contributed by atoms with Gasteiger partial charge in [0.15, 0.2) is 0 Å². The van der Waals surface area contributed by atoms with Gasteiger partial charge >= 0.3 is 0 Å². The Kier molecular flexibility index (Phi) is 5.05. The summed E-state index contributed by atoms with van der Waals surface area (Å²) < 4.78 is 16.0. The van der Waals surface area contributed by atoms with Crippen LogP contribution in [0.4, 0.5) is 4.39 Å². The molecule has 0 fully saturated rings. The third-order valence-corrected chi connectivity index (χ3v) is 4.67. The van der Waals surface area contributed by atoms with Gasteiger partial charge in [-0.15, -0.1) is 0 Å². The van der Waals surface area contributed by atoms with Crippen molar-refractivity contribution in [2.75, 3.05) is 0 Å². The highest BCUT2D eigenvalue weighted by atomic mass is 19.1. The van der Waals surface area contributed by atoms with E-state index in [9.17, 15) is 9.65 Å². The Morgan fingerprint density at radius 1 is 0.966 bits per heavy atom. The van der Waals surface area contributed by atoms with E-state index in [1.54, 1.807) is 29.0 Å². The van der Waals surface area contributed by atoms with Crippen molar-refractivity contribution in [2.24, 2.45) is 0 Å². The van der Waals surface area contributed by atoms with Gasteiger partial charge in [0, 0.05) is 22.9 Å². The van der Waals surface area contributed by atoms with Gasteiger partial charge in [-0.25, -0.2) is 9.07 Å². The standard InChI is InChI=1S/C25H18FN3/c1-18-11-13-19(14-12-18)25-21(17-29(28-25)22-7-3-2-4-8-22)15-20(16-27)23-9-5-6-10-24(23)26/h2-15,17H,1H3/b20-15+. The summed E-state index contributed by atoms with van der Waals surface area (Å²) in [6, 6.07) is 26.2. The molecule has 1 aromatic heterocycles. The van der Waals surface area contributed by atoms with E-state index >= 15 is 0 Å². The lowest BCUT2D eigenvalue weighted by Gasteiger charge is -2.03. The Labute approximate surface area is 169 Å². The zero-order valence-corrected chi connectivity index (χ0v) is 15.9. The number of aromatic nitrogens is 2. The van der Waals surface area contributed by atoms with Crippen molar-refractivity contribution < 1.29 is 4.39 Å². The SMILES string of the molecule is Cc1ccc(-c2nn(-c3ccccc3)cc2/C=C(\C#N)c2ccccc2F)cc1. The van der Waals surface area contributed by atoms with Crippen LogP contribution in [0, 0.1) is 24.1 Å². The summed E-state index contributed by atoms with van der Waals surface area (Å²) in [4.78, 5) is 0. The molecule has 0 saturated heterocycles. The van der Waals surface area contributed by atoms with Crippen LogP contribution in [0.2, 0.25) is 0 Å². The first-order valence-electron chi connectivity index (χ1n) is 9.24. The van der Waals surface area contributed by atoms with Crippen molar-refractivity contribution in [2.45, 2.75) is 6.92 Å². The van der Waals surface area contributed by atoms with Crippen LogP contribution in [0.5, 0.6) is 0 Å². The van der Waals surface area contributed by atoms with E-state index in [1.807, 2.05) is 67.7 Å². The molecule has 0 radical (unpaired) electrons. The molecule has 0 bridgehead atoms. The maximum absolute atomic E-state index is 14.3. The summed E-state index contributed by atoms with van der Waals surface area (Å²) in [5.74, 6) is -0.423. The highest BCUT2D eigenvalue weighted by Crippen LogP contribution is 2.28. The lowest BCUT2D eigenvalue weighted by molar-refractivity contribution is 0.624. The number of aryl methyl sites for hydroxylation is 1. The zero-order chi connectivity index (χ0) is 20.2. The second kappa shape index (κ2) is 7.95.